The summed E-state index contributed by atoms with van der Waals surface area (Å²) in [4.78, 5) is 80.5. The molecule has 1 N–H and O–H groups in total. The van der Waals surface area contributed by atoms with Crippen LogP contribution in [0.1, 0.15) is 171 Å². The van der Waals surface area contributed by atoms with Gasteiger partial charge in [0.1, 0.15) is 11.2 Å². The molecule has 4 saturated heterocycles. The van der Waals surface area contributed by atoms with E-state index in [-0.39, 0.29) is 72.2 Å². The summed E-state index contributed by atoms with van der Waals surface area (Å²) in [5.41, 5.74) is -4.49. The van der Waals surface area contributed by atoms with Crippen LogP contribution in [0.4, 0.5) is 85.5 Å². The molecule has 30 heteroatoms. The summed E-state index contributed by atoms with van der Waals surface area (Å²) in [6, 6.07) is 19.5. The number of anilines is 4. The molecular formula is C78H94F12N10O8. The number of aliphatic carboxylic acids is 1. The van der Waals surface area contributed by atoms with Crippen LogP contribution in [-0.2, 0) is 74.4 Å². The first kappa shape index (κ1) is 82.9. The third-order valence-electron chi connectivity index (χ3n) is 19.9. The van der Waals surface area contributed by atoms with Crippen molar-refractivity contribution in [2.75, 3.05) is 52.4 Å². The van der Waals surface area contributed by atoms with Crippen molar-refractivity contribution >= 4 is 47.4 Å². The van der Waals surface area contributed by atoms with Gasteiger partial charge >= 0.3 is 48.8 Å². The Balaban J connectivity index is 0.000000249. The number of carboxylic acids is 1. The lowest BCUT2D eigenvalue weighted by Gasteiger charge is -2.48. The number of halogens is 12. The zero-order valence-corrected chi connectivity index (χ0v) is 61.9. The third kappa shape index (κ3) is 22.3. The smallest absolute Gasteiger partial charge is 0.416 e. The fourth-order valence-corrected chi connectivity index (χ4v) is 14.7. The summed E-state index contributed by atoms with van der Waals surface area (Å²) in [7, 11) is 0. The van der Waals surface area contributed by atoms with Crippen LogP contribution in [0.25, 0.3) is 0 Å². The van der Waals surface area contributed by atoms with E-state index in [0.717, 1.165) is 35.4 Å². The minimum Gasteiger partial charge on any atom is -0.481 e. The van der Waals surface area contributed by atoms with Gasteiger partial charge in [0.2, 0.25) is 11.9 Å². The van der Waals surface area contributed by atoms with Crippen LogP contribution >= 0.6 is 0 Å². The Hall–Kier alpha value is -9.12. The van der Waals surface area contributed by atoms with E-state index in [4.69, 9.17) is 14.2 Å². The fraction of sp³-hybridized carbons (Fsp3) is 0.538. The molecule has 4 aliphatic rings. The van der Waals surface area contributed by atoms with Gasteiger partial charge in [-0.3, -0.25) is 9.59 Å². The monoisotopic (exact) mass is 1530 g/mol. The van der Waals surface area contributed by atoms with Crippen LogP contribution in [-0.4, -0.2) is 139 Å². The number of benzene rings is 4. The Morgan fingerprint density at radius 2 is 0.769 bits per heavy atom. The maximum atomic E-state index is 14.0. The summed E-state index contributed by atoms with van der Waals surface area (Å²) >= 11 is 0. The maximum Gasteiger partial charge on any atom is 0.416 e. The Labute approximate surface area is 621 Å². The van der Waals surface area contributed by atoms with Crippen molar-refractivity contribution in [2.24, 2.45) is 11.8 Å². The lowest BCUT2D eigenvalue weighted by molar-refractivity contribution is -0.149. The summed E-state index contributed by atoms with van der Waals surface area (Å²) in [5.74, 6) is -1.55. The molecule has 6 aromatic rings. The molecule has 10 rings (SSSR count). The van der Waals surface area contributed by atoms with E-state index in [2.05, 4.69) is 19.9 Å². The SMILES string of the molecule is CCOC(=O)C1CCN(c2cnc(N(Cc3cc(C(F)(F)F)cc(C(F)(F)F)c3)[C@H]3C[C@@H](CC)N(C(=O)OC(C)(C)C)[C@@H](Cc4ccccc4)C3)nc2)CC1.CC[C@@H]1C[C@H](N(Cc2cc(C(F)(F)F)cc(C(F)(F)F)c2)c2ncc(N3CCC(C(=O)O)CC3)cn2)C[C@H](Cc2ccccc2)N1C(=O)OC(C)(C)C. The van der Waals surface area contributed by atoms with Crippen molar-refractivity contribution in [3.63, 3.8) is 0 Å². The van der Waals surface area contributed by atoms with Gasteiger partial charge in [-0.1, -0.05) is 74.5 Å². The highest BCUT2D eigenvalue weighted by atomic mass is 19.4. The normalized spacial score (nSPS) is 20.1. The number of ether oxygens (including phenoxy) is 3. The Kier molecular flexibility index (Phi) is 26.6. The molecule has 588 valence electrons. The van der Waals surface area contributed by atoms with Gasteiger partial charge in [0.05, 0.1) is 76.9 Å². The number of hydrogen-bond acceptors (Lipinski definition) is 15. The molecule has 0 bridgehead atoms. The minimum atomic E-state index is -5.03. The second kappa shape index (κ2) is 34.6. The van der Waals surface area contributed by atoms with Gasteiger partial charge < -0.3 is 48.7 Å². The largest absolute Gasteiger partial charge is 0.481 e. The van der Waals surface area contributed by atoms with Crippen LogP contribution in [0.15, 0.2) is 122 Å². The molecule has 2 aromatic heterocycles. The molecule has 0 saturated carbocycles. The summed E-state index contributed by atoms with van der Waals surface area (Å²) < 4.78 is 184. The number of carbonyl (C=O) groups excluding carboxylic acids is 3. The summed E-state index contributed by atoms with van der Waals surface area (Å²) in [6.07, 6.45) is -9.72. The zero-order valence-electron chi connectivity index (χ0n) is 61.9. The second-order valence-electron chi connectivity index (χ2n) is 30.0. The third-order valence-corrected chi connectivity index (χ3v) is 19.9. The molecule has 0 radical (unpaired) electrons. The molecular weight excluding hydrogens is 1430 g/mol. The Morgan fingerprint density at radius 1 is 0.454 bits per heavy atom. The molecule has 6 heterocycles. The van der Waals surface area contributed by atoms with Crippen LogP contribution in [0.2, 0.25) is 0 Å². The number of carbonyl (C=O) groups is 4. The fourth-order valence-electron chi connectivity index (χ4n) is 14.7. The number of aromatic nitrogens is 4. The molecule has 108 heavy (non-hydrogen) atoms. The van der Waals surface area contributed by atoms with E-state index in [1.807, 2.05) is 84.3 Å². The van der Waals surface area contributed by atoms with E-state index in [1.165, 1.54) is 12.4 Å². The number of esters is 1. The van der Waals surface area contributed by atoms with E-state index in [9.17, 15) is 77.0 Å². The van der Waals surface area contributed by atoms with Crippen molar-refractivity contribution in [1.82, 2.24) is 29.7 Å². The number of carboxylic acid groups (broad SMARTS) is 1. The second-order valence-corrected chi connectivity index (χ2v) is 30.0. The van der Waals surface area contributed by atoms with Crippen molar-refractivity contribution in [3.8, 4) is 0 Å². The zero-order chi connectivity index (χ0) is 78.8. The number of nitrogens with zero attached hydrogens (tertiary/aromatic N) is 10. The van der Waals surface area contributed by atoms with Gasteiger partial charge in [-0.15, -0.1) is 0 Å². The number of likely N-dealkylation sites (tertiary alicyclic amines) is 2. The topological polar surface area (TPSA) is 187 Å². The average Bonchev–Trinajstić information content (AvgIpc) is 0.973. The lowest BCUT2D eigenvalue weighted by atomic mass is 9.86. The van der Waals surface area contributed by atoms with Crippen LogP contribution in [0, 0.1) is 11.8 Å². The number of rotatable bonds is 19. The van der Waals surface area contributed by atoms with E-state index in [1.54, 1.807) is 80.5 Å². The van der Waals surface area contributed by atoms with Gasteiger partial charge in [-0.05, 0) is 184 Å². The standard InChI is InChI=1S/C40H49F6N5O4.C38H45F6N5O4/c1-6-31-21-32(22-33(19-26-11-9-8-10-12-26)51(31)37(53)55-38(3,4)5)50(25-27-17-29(39(41,42)43)20-30(18-27)40(44,45)46)36-47-23-34(24-48-36)49-15-13-28(14-16-49)35(52)54-7-2;1-5-29-19-30(20-31(17-24-9-7-6-8-10-24)49(29)35(52)53-36(2,3)4)48(23-25-15-27(37(39,40)41)18-28(16-25)38(42,43)44)34-45-21-32(22-46-34)47-13-11-26(12-14-47)33(50)51/h8-12,17-18,20,23-24,28,31-33H,6-7,13-16,19,21-22,25H2,1-5H3;6-10,15-16,18,21-22,26,29-31H,5,11-14,17,19-20,23H2,1-4H3,(H,50,51)/t31-,32+,33+;29-,30+,31+/m11/s1. The average molecular weight is 1530 g/mol. The predicted octanol–water partition coefficient (Wildman–Crippen LogP) is 17.7. The van der Waals surface area contributed by atoms with E-state index in [0.29, 0.717) is 121 Å². The van der Waals surface area contributed by atoms with E-state index >= 15 is 0 Å². The van der Waals surface area contributed by atoms with Crippen molar-refractivity contribution in [1.29, 1.82) is 0 Å². The van der Waals surface area contributed by atoms with Crippen molar-refractivity contribution in [2.45, 2.75) is 225 Å². The first-order chi connectivity index (χ1) is 50.7. The van der Waals surface area contributed by atoms with Gasteiger partial charge in [-0.25, -0.2) is 29.5 Å². The maximum absolute atomic E-state index is 14.0. The number of alkyl halides is 12. The molecule has 4 aromatic carbocycles. The molecule has 0 unspecified atom stereocenters. The molecule has 0 spiro atoms. The van der Waals surface area contributed by atoms with Gasteiger partial charge in [-0.2, -0.15) is 52.7 Å². The number of hydrogen-bond donors (Lipinski definition) is 1. The van der Waals surface area contributed by atoms with E-state index < -0.39 is 106 Å². The van der Waals surface area contributed by atoms with Gasteiger partial charge in [0, 0.05) is 75.5 Å². The molecule has 4 fully saturated rings. The quantitative estimate of drug-likeness (QED) is 0.0458. The first-order valence-electron chi connectivity index (χ1n) is 36.4. The number of amides is 2. The lowest BCUT2D eigenvalue weighted by Crippen LogP contribution is -2.58. The van der Waals surface area contributed by atoms with Crippen molar-refractivity contribution < 1.29 is 91.2 Å². The van der Waals surface area contributed by atoms with Crippen molar-refractivity contribution in [3.05, 3.63) is 166 Å². The predicted molar refractivity (Wildman–Crippen MR) is 382 cm³/mol. The molecule has 18 nitrogen and oxygen atoms in total. The Bertz CT molecular complexity index is 3890. The highest BCUT2D eigenvalue weighted by Gasteiger charge is 2.46. The van der Waals surface area contributed by atoms with Gasteiger partial charge in [0.25, 0.3) is 0 Å². The number of piperidine rings is 4. The molecule has 2 amide bonds. The minimum absolute atomic E-state index is 0.101. The summed E-state index contributed by atoms with van der Waals surface area (Å²) in [5, 5.41) is 9.39. The van der Waals surface area contributed by atoms with Crippen LogP contribution in [0.3, 0.4) is 0 Å². The molecule has 4 aliphatic heterocycles. The first-order valence-corrected chi connectivity index (χ1v) is 36.4. The van der Waals surface area contributed by atoms with Crippen LogP contribution < -0.4 is 19.6 Å². The summed E-state index contributed by atoms with van der Waals surface area (Å²) in [6.45, 7) is 17.8. The van der Waals surface area contributed by atoms with Gasteiger partial charge in [0.15, 0.2) is 0 Å². The molecule has 0 aliphatic carbocycles. The molecule has 6 atom stereocenters. The highest BCUT2D eigenvalue weighted by molar-refractivity contribution is 5.73. The Morgan fingerprint density at radius 3 is 1.06 bits per heavy atom. The highest BCUT2D eigenvalue weighted by Crippen LogP contribution is 2.43. The van der Waals surface area contributed by atoms with Crippen LogP contribution in [0.5, 0.6) is 0 Å².